The van der Waals surface area contributed by atoms with Gasteiger partial charge in [-0.15, -0.1) is 24.8 Å². The predicted octanol–water partition coefficient (Wildman–Crippen LogP) is 2.35. The normalized spacial score (nSPS) is 30.3. The van der Waals surface area contributed by atoms with Crippen LogP contribution in [0.5, 0.6) is 0 Å². The van der Waals surface area contributed by atoms with Crippen molar-refractivity contribution in [3.05, 3.63) is 17.5 Å². The Hall–Kier alpha value is -0.330. The van der Waals surface area contributed by atoms with Gasteiger partial charge in [0.2, 0.25) is 0 Å². The second-order valence-corrected chi connectivity index (χ2v) is 7.47. The van der Waals surface area contributed by atoms with Crippen LogP contribution < -0.4 is 5.32 Å². The second-order valence-electron chi connectivity index (χ2n) is 7.47. The number of halogens is 2. The summed E-state index contributed by atoms with van der Waals surface area (Å²) < 4.78 is 2.18. The van der Waals surface area contributed by atoms with E-state index in [9.17, 15) is 5.11 Å². The maximum atomic E-state index is 10.4. The maximum Gasteiger partial charge on any atom is 0.0768 e. The van der Waals surface area contributed by atoms with Gasteiger partial charge in [-0.25, -0.2) is 0 Å². The zero-order valence-corrected chi connectivity index (χ0v) is 15.9. The molecule has 0 unspecified atom stereocenters. The Morgan fingerprint density at radius 1 is 1.21 bits per heavy atom. The van der Waals surface area contributed by atoms with Crippen LogP contribution in [0.15, 0.2) is 6.07 Å². The molecule has 0 amide bonds. The molecule has 0 radical (unpaired) electrons. The Kier molecular flexibility index (Phi) is 6.97. The van der Waals surface area contributed by atoms with Gasteiger partial charge in [0.1, 0.15) is 0 Å². The minimum Gasteiger partial charge on any atom is -0.393 e. The molecule has 3 aliphatic rings. The number of aryl methyl sites for hydroxylation is 1. The molecule has 138 valence electrons. The van der Waals surface area contributed by atoms with Crippen molar-refractivity contribution >= 4 is 24.8 Å². The molecule has 1 aliphatic carbocycles. The molecular weight excluding hydrogens is 347 g/mol. The average molecular weight is 377 g/mol. The Bertz CT molecular complexity index is 515. The van der Waals surface area contributed by atoms with Crippen molar-refractivity contribution in [2.45, 2.75) is 64.3 Å². The highest BCUT2D eigenvalue weighted by atomic mass is 35.5. The smallest absolute Gasteiger partial charge is 0.0768 e. The van der Waals surface area contributed by atoms with Gasteiger partial charge in [-0.1, -0.05) is 6.42 Å². The van der Waals surface area contributed by atoms with Crippen molar-refractivity contribution in [2.75, 3.05) is 19.6 Å². The minimum absolute atomic E-state index is 0. The highest BCUT2D eigenvalue weighted by Gasteiger charge is 2.44. The molecule has 1 saturated carbocycles. The zero-order chi connectivity index (χ0) is 15.0. The van der Waals surface area contributed by atoms with E-state index in [1.165, 1.54) is 37.1 Å². The van der Waals surface area contributed by atoms with Crippen LogP contribution in [0.25, 0.3) is 0 Å². The van der Waals surface area contributed by atoms with Crippen LogP contribution in [0.1, 0.15) is 49.9 Å². The lowest BCUT2D eigenvalue weighted by Crippen LogP contribution is -2.46. The number of likely N-dealkylation sites (tertiary alicyclic amines) is 1. The highest BCUT2D eigenvalue weighted by molar-refractivity contribution is 5.85. The number of aromatic nitrogens is 2. The fourth-order valence-electron chi connectivity index (χ4n) is 4.72. The van der Waals surface area contributed by atoms with Gasteiger partial charge in [-0.05, 0) is 51.3 Å². The first-order valence-electron chi connectivity index (χ1n) is 8.92. The van der Waals surface area contributed by atoms with Gasteiger partial charge in [-0.2, -0.15) is 5.10 Å². The fraction of sp³-hybridized carbons (Fsp3) is 0.824. The van der Waals surface area contributed by atoms with Crippen molar-refractivity contribution in [3.8, 4) is 0 Å². The van der Waals surface area contributed by atoms with Crippen LogP contribution in [0.3, 0.4) is 0 Å². The topological polar surface area (TPSA) is 53.3 Å². The fourth-order valence-corrected chi connectivity index (χ4v) is 4.72. The molecule has 4 rings (SSSR count). The predicted molar refractivity (Wildman–Crippen MR) is 99.8 cm³/mol. The summed E-state index contributed by atoms with van der Waals surface area (Å²) >= 11 is 0. The van der Waals surface area contributed by atoms with E-state index in [-0.39, 0.29) is 36.3 Å². The summed E-state index contributed by atoms with van der Waals surface area (Å²) in [5.74, 6) is 0. The molecule has 2 aliphatic heterocycles. The SMILES string of the molecule is Cl.Cl.O[C@@H]1CCC[C@@]12CCCN(Cc1cc3n(n1)CCCNC3)C2. The van der Waals surface area contributed by atoms with Crippen LogP contribution in [-0.2, 0) is 19.6 Å². The number of piperidine rings is 1. The third kappa shape index (κ3) is 3.91. The molecule has 1 saturated heterocycles. The standard InChI is InChI=1S/C17H28N4O.2ClH/c22-16-4-1-5-17(16)6-2-8-20(13-17)12-14-10-15-11-18-7-3-9-21(15)19-14;;/h10,16,18,22H,1-9,11-13H2;2*1H/t16-,17+;;/m1../s1. The molecule has 5 nitrogen and oxygen atoms in total. The van der Waals surface area contributed by atoms with Gasteiger partial charge in [0.25, 0.3) is 0 Å². The van der Waals surface area contributed by atoms with Crippen molar-refractivity contribution in [2.24, 2.45) is 5.41 Å². The molecule has 1 aromatic heterocycles. The van der Waals surface area contributed by atoms with Crippen molar-refractivity contribution < 1.29 is 5.11 Å². The number of aliphatic hydroxyl groups is 1. The monoisotopic (exact) mass is 376 g/mol. The minimum atomic E-state index is -0.0850. The van der Waals surface area contributed by atoms with Crippen LogP contribution in [0, 0.1) is 5.41 Å². The van der Waals surface area contributed by atoms with Crippen molar-refractivity contribution in [1.82, 2.24) is 20.0 Å². The zero-order valence-electron chi connectivity index (χ0n) is 14.2. The van der Waals surface area contributed by atoms with Crippen LogP contribution in [0.4, 0.5) is 0 Å². The lowest BCUT2D eigenvalue weighted by atomic mass is 9.76. The summed E-state index contributed by atoms with van der Waals surface area (Å²) in [4.78, 5) is 2.52. The summed E-state index contributed by atoms with van der Waals surface area (Å²) in [6, 6.07) is 2.27. The van der Waals surface area contributed by atoms with E-state index in [0.29, 0.717) is 0 Å². The number of nitrogens with zero attached hydrogens (tertiary/aromatic N) is 3. The number of rotatable bonds is 2. The first-order valence-corrected chi connectivity index (χ1v) is 8.92. The molecule has 3 heterocycles. The van der Waals surface area contributed by atoms with Gasteiger partial charge in [-0.3, -0.25) is 9.58 Å². The first-order chi connectivity index (χ1) is 10.8. The molecule has 0 aromatic carbocycles. The van der Waals surface area contributed by atoms with E-state index in [1.807, 2.05) is 0 Å². The van der Waals surface area contributed by atoms with Crippen molar-refractivity contribution in [3.63, 3.8) is 0 Å². The summed E-state index contributed by atoms with van der Waals surface area (Å²) in [5.41, 5.74) is 2.69. The van der Waals surface area contributed by atoms with E-state index in [2.05, 4.69) is 21.0 Å². The quantitative estimate of drug-likeness (QED) is 0.831. The summed E-state index contributed by atoms with van der Waals surface area (Å²) in [6.45, 7) is 6.20. The van der Waals surface area contributed by atoms with Crippen molar-refractivity contribution in [1.29, 1.82) is 0 Å². The highest BCUT2D eigenvalue weighted by Crippen LogP contribution is 2.45. The summed E-state index contributed by atoms with van der Waals surface area (Å²) in [7, 11) is 0. The molecular formula is C17H30Cl2N4O. The van der Waals surface area contributed by atoms with Gasteiger partial charge in [0.05, 0.1) is 17.5 Å². The van der Waals surface area contributed by atoms with Crippen LogP contribution in [0.2, 0.25) is 0 Å². The molecule has 2 atom stereocenters. The van der Waals surface area contributed by atoms with E-state index >= 15 is 0 Å². The van der Waals surface area contributed by atoms with Gasteiger partial charge >= 0.3 is 0 Å². The molecule has 2 fully saturated rings. The Morgan fingerprint density at radius 2 is 2.04 bits per heavy atom. The Balaban J connectivity index is 0.00000104. The molecule has 7 heteroatoms. The van der Waals surface area contributed by atoms with E-state index in [1.54, 1.807) is 0 Å². The van der Waals surface area contributed by atoms with E-state index in [0.717, 1.165) is 52.1 Å². The van der Waals surface area contributed by atoms with Crippen LogP contribution in [-0.4, -0.2) is 45.5 Å². The second kappa shape index (κ2) is 8.37. The average Bonchev–Trinajstić information content (AvgIpc) is 2.96. The third-order valence-corrected chi connectivity index (χ3v) is 5.88. The molecule has 2 N–H and O–H groups in total. The first kappa shape index (κ1) is 20.0. The summed E-state index contributed by atoms with van der Waals surface area (Å²) in [5, 5.41) is 18.7. The molecule has 1 aromatic rings. The van der Waals surface area contributed by atoms with E-state index < -0.39 is 0 Å². The Labute approximate surface area is 157 Å². The third-order valence-electron chi connectivity index (χ3n) is 5.88. The van der Waals surface area contributed by atoms with Gasteiger partial charge in [0.15, 0.2) is 0 Å². The number of hydrogen-bond acceptors (Lipinski definition) is 4. The molecule has 1 spiro atoms. The Morgan fingerprint density at radius 3 is 2.83 bits per heavy atom. The van der Waals surface area contributed by atoms with Gasteiger partial charge in [0, 0.05) is 31.6 Å². The lowest BCUT2D eigenvalue weighted by molar-refractivity contribution is -0.0123. The number of aliphatic hydroxyl groups excluding tert-OH is 1. The largest absolute Gasteiger partial charge is 0.393 e. The van der Waals surface area contributed by atoms with Gasteiger partial charge < -0.3 is 10.4 Å². The molecule has 24 heavy (non-hydrogen) atoms. The van der Waals surface area contributed by atoms with Crippen LogP contribution >= 0.6 is 24.8 Å². The van der Waals surface area contributed by atoms with E-state index in [4.69, 9.17) is 5.10 Å². The maximum absolute atomic E-state index is 10.4. The number of nitrogens with one attached hydrogen (secondary N) is 1. The number of hydrogen-bond donors (Lipinski definition) is 2. The lowest BCUT2D eigenvalue weighted by Gasteiger charge is -2.42. The number of fused-ring (bicyclic) bond motifs is 1. The molecule has 0 bridgehead atoms. The summed E-state index contributed by atoms with van der Waals surface area (Å²) in [6.07, 6.45) is 6.89.